The first-order valence-electron chi connectivity index (χ1n) is 2.75. The van der Waals surface area contributed by atoms with Crippen LogP contribution in [0.2, 0.25) is 0 Å². The average molecular weight is 144 g/mol. The minimum Gasteiger partial charge on any atom is -0.504 e. The van der Waals surface area contributed by atoms with E-state index >= 15 is 0 Å². The van der Waals surface area contributed by atoms with E-state index in [1.165, 1.54) is 11.8 Å². The molecule has 0 aromatic heterocycles. The average Bonchev–Trinajstić information content (AvgIpc) is 2.15. The van der Waals surface area contributed by atoms with Crippen molar-refractivity contribution in [2.75, 3.05) is 6.26 Å². The van der Waals surface area contributed by atoms with Crippen LogP contribution >= 0.6 is 11.8 Å². The number of thioether (sulfide) groups is 1. The van der Waals surface area contributed by atoms with Gasteiger partial charge in [0.05, 0.1) is 0 Å². The van der Waals surface area contributed by atoms with Crippen molar-refractivity contribution in [3.63, 3.8) is 0 Å². The highest BCUT2D eigenvalue weighted by Crippen LogP contribution is 2.28. The summed E-state index contributed by atoms with van der Waals surface area (Å²) in [4.78, 5) is 11.5. The molecule has 2 nitrogen and oxygen atoms in total. The second-order valence-electron chi connectivity index (χ2n) is 1.90. The Morgan fingerprint density at radius 3 is 2.44 bits per heavy atom. The van der Waals surface area contributed by atoms with Crippen LogP contribution in [0, 0.1) is 0 Å². The number of allylic oxidation sites excluding steroid dienone is 2. The first-order valence-corrected chi connectivity index (χ1v) is 3.97. The van der Waals surface area contributed by atoms with Crippen molar-refractivity contribution >= 4 is 17.5 Å². The van der Waals surface area contributed by atoms with Crippen LogP contribution in [0.4, 0.5) is 0 Å². The standard InChI is InChI=1S/C6H8O2S/c1-9-5-3-2-4(7)6(5)8/h8H,2-3H2,1H3. The van der Waals surface area contributed by atoms with E-state index in [9.17, 15) is 4.79 Å². The number of carbonyl (C=O) groups excluding carboxylic acids is 1. The lowest BCUT2D eigenvalue weighted by molar-refractivity contribution is -0.117. The third-order valence-electron chi connectivity index (χ3n) is 1.35. The molecule has 1 rings (SSSR count). The molecule has 50 valence electrons. The summed E-state index contributed by atoms with van der Waals surface area (Å²) in [5.74, 6) is -0.123. The van der Waals surface area contributed by atoms with Gasteiger partial charge in [0.1, 0.15) is 0 Å². The third-order valence-corrected chi connectivity index (χ3v) is 2.24. The van der Waals surface area contributed by atoms with Gasteiger partial charge in [0.15, 0.2) is 11.5 Å². The molecule has 0 fully saturated rings. The van der Waals surface area contributed by atoms with Gasteiger partial charge in [-0.15, -0.1) is 11.8 Å². The highest BCUT2D eigenvalue weighted by atomic mass is 32.2. The summed E-state index contributed by atoms with van der Waals surface area (Å²) in [7, 11) is 0. The number of aliphatic hydroxyl groups is 1. The van der Waals surface area contributed by atoms with Gasteiger partial charge in [-0.3, -0.25) is 4.79 Å². The van der Waals surface area contributed by atoms with Gasteiger partial charge in [-0.2, -0.15) is 0 Å². The SMILES string of the molecule is CSC1=C(O)C(=O)CC1. The molecule has 0 aromatic carbocycles. The molecule has 0 spiro atoms. The Hall–Kier alpha value is -0.440. The second-order valence-corrected chi connectivity index (χ2v) is 2.80. The normalized spacial score (nSPS) is 19.4. The quantitative estimate of drug-likeness (QED) is 0.605. The topological polar surface area (TPSA) is 37.3 Å². The monoisotopic (exact) mass is 144 g/mol. The molecule has 0 aromatic rings. The molecule has 0 saturated carbocycles. The zero-order valence-electron chi connectivity index (χ0n) is 5.18. The van der Waals surface area contributed by atoms with E-state index < -0.39 is 0 Å². The van der Waals surface area contributed by atoms with Gasteiger partial charge >= 0.3 is 0 Å². The Labute approximate surface area is 57.9 Å². The van der Waals surface area contributed by atoms with Crippen LogP contribution in [-0.2, 0) is 4.79 Å². The summed E-state index contributed by atoms with van der Waals surface area (Å²) in [5.41, 5.74) is 0. The fourth-order valence-electron chi connectivity index (χ4n) is 0.818. The molecule has 0 amide bonds. The summed E-state index contributed by atoms with van der Waals surface area (Å²) in [6.45, 7) is 0. The summed E-state index contributed by atoms with van der Waals surface area (Å²) >= 11 is 1.45. The van der Waals surface area contributed by atoms with Crippen LogP contribution in [0.3, 0.4) is 0 Å². The molecule has 0 bridgehead atoms. The molecule has 1 aliphatic rings. The number of ketones is 1. The van der Waals surface area contributed by atoms with Crippen LogP contribution in [0.1, 0.15) is 12.8 Å². The molecule has 9 heavy (non-hydrogen) atoms. The van der Waals surface area contributed by atoms with E-state index in [2.05, 4.69) is 0 Å². The van der Waals surface area contributed by atoms with Crippen molar-refractivity contribution in [2.24, 2.45) is 0 Å². The molecule has 0 unspecified atom stereocenters. The lowest BCUT2D eigenvalue weighted by Crippen LogP contribution is -1.92. The summed E-state index contributed by atoms with van der Waals surface area (Å²) in [6.07, 6.45) is 3.08. The first-order chi connectivity index (χ1) is 4.25. The predicted molar refractivity (Wildman–Crippen MR) is 37.4 cm³/mol. The maximum absolute atomic E-state index is 10.6. The van der Waals surface area contributed by atoms with Crippen molar-refractivity contribution < 1.29 is 9.90 Å². The van der Waals surface area contributed by atoms with Crippen molar-refractivity contribution in [1.29, 1.82) is 0 Å². The maximum Gasteiger partial charge on any atom is 0.198 e. The van der Waals surface area contributed by atoms with Crippen LogP contribution in [0.5, 0.6) is 0 Å². The van der Waals surface area contributed by atoms with Crippen molar-refractivity contribution in [3.05, 3.63) is 10.7 Å². The lowest BCUT2D eigenvalue weighted by Gasteiger charge is -1.91. The molecule has 0 atom stereocenters. The number of hydrogen-bond donors (Lipinski definition) is 1. The largest absolute Gasteiger partial charge is 0.504 e. The van der Waals surface area contributed by atoms with Gasteiger partial charge in [0.2, 0.25) is 0 Å². The molecule has 0 heterocycles. The molecule has 0 saturated heterocycles. The van der Waals surface area contributed by atoms with E-state index in [0.717, 1.165) is 11.3 Å². The first kappa shape index (κ1) is 6.68. The number of aliphatic hydroxyl groups excluding tert-OH is 1. The zero-order chi connectivity index (χ0) is 6.85. The maximum atomic E-state index is 10.6. The molecule has 1 aliphatic carbocycles. The second kappa shape index (κ2) is 2.43. The van der Waals surface area contributed by atoms with E-state index in [-0.39, 0.29) is 11.5 Å². The van der Waals surface area contributed by atoms with Crippen molar-refractivity contribution in [2.45, 2.75) is 12.8 Å². The fraction of sp³-hybridized carbons (Fsp3) is 0.500. The van der Waals surface area contributed by atoms with Gasteiger partial charge in [-0.25, -0.2) is 0 Å². The summed E-state index contributed by atoms with van der Waals surface area (Å²) in [6, 6.07) is 0. The lowest BCUT2D eigenvalue weighted by atomic mass is 10.3. The highest BCUT2D eigenvalue weighted by Gasteiger charge is 2.20. The van der Waals surface area contributed by atoms with Crippen LogP contribution in [0.25, 0.3) is 0 Å². The molecule has 1 N–H and O–H groups in total. The molecule has 3 heteroatoms. The van der Waals surface area contributed by atoms with E-state index in [0.29, 0.717) is 6.42 Å². The Morgan fingerprint density at radius 2 is 2.22 bits per heavy atom. The number of hydrogen-bond acceptors (Lipinski definition) is 3. The van der Waals surface area contributed by atoms with Gasteiger partial charge < -0.3 is 5.11 Å². The van der Waals surface area contributed by atoms with E-state index in [4.69, 9.17) is 5.11 Å². The fourth-order valence-corrected chi connectivity index (χ4v) is 1.43. The number of Topliss-reactive ketones (excluding diaryl/α,β-unsaturated/α-hetero) is 1. The van der Waals surface area contributed by atoms with Crippen LogP contribution in [-0.4, -0.2) is 17.1 Å². The minimum absolute atomic E-state index is 0.0116. The Morgan fingerprint density at radius 1 is 1.56 bits per heavy atom. The van der Waals surface area contributed by atoms with E-state index in [1.54, 1.807) is 0 Å². The molecular weight excluding hydrogens is 136 g/mol. The third kappa shape index (κ3) is 1.10. The smallest absolute Gasteiger partial charge is 0.198 e. The minimum atomic E-state index is -0.112. The number of carbonyl (C=O) groups is 1. The van der Waals surface area contributed by atoms with Gasteiger partial charge in [-0.1, -0.05) is 0 Å². The molecule has 0 aliphatic heterocycles. The number of rotatable bonds is 1. The Kier molecular flexibility index (Phi) is 1.81. The highest BCUT2D eigenvalue weighted by molar-refractivity contribution is 8.02. The van der Waals surface area contributed by atoms with Crippen molar-refractivity contribution in [3.8, 4) is 0 Å². The van der Waals surface area contributed by atoms with Crippen molar-refractivity contribution in [1.82, 2.24) is 0 Å². The van der Waals surface area contributed by atoms with Crippen LogP contribution in [0.15, 0.2) is 10.7 Å². The zero-order valence-corrected chi connectivity index (χ0v) is 5.99. The van der Waals surface area contributed by atoms with Gasteiger partial charge in [0, 0.05) is 11.3 Å². The van der Waals surface area contributed by atoms with Crippen LogP contribution < -0.4 is 0 Å². The predicted octanol–water partition coefficient (Wildman–Crippen LogP) is 1.48. The molecular formula is C6H8O2S. The van der Waals surface area contributed by atoms with Gasteiger partial charge in [-0.05, 0) is 12.7 Å². The Balaban J connectivity index is 2.79. The Bertz CT molecular complexity index is 172. The molecule has 0 radical (unpaired) electrons. The summed E-state index contributed by atoms with van der Waals surface area (Å²) < 4.78 is 0. The van der Waals surface area contributed by atoms with Gasteiger partial charge in [0.25, 0.3) is 0 Å². The summed E-state index contributed by atoms with van der Waals surface area (Å²) in [5, 5.41) is 8.97. The van der Waals surface area contributed by atoms with E-state index in [1.807, 2.05) is 6.26 Å².